The molecule has 0 unspecified atom stereocenters. The fourth-order valence-electron chi connectivity index (χ4n) is 2.05. The first-order valence-corrected chi connectivity index (χ1v) is 8.63. The van der Waals surface area contributed by atoms with E-state index in [4.69, 9.17) is 40.2 Å². The van der Waals surface area contributed by atoms with Gasteiger partial charge in [-0.05, 0) is 55.5 Å². The van der Waals surface area contributed by atoms with E-state index < -0.39 is 0 Å². The molecule has 0 aromatic heterocycles. The number of halogens is 2. The maximum atomic E-state index is 11.0. The number of hydrogen-bond donors (Lipinski definition) is 3. The van der Waals surface area contributed by atoms with Crippen LogP contribution < -0.4 is 20.7 Å². The molecule has 2 rings (SSSR count). The third-order valence-corrected chi connectivity index (χ3v) is 3.77. The predicted molar refractivity (Wildman–Crippen MR) is 108 cm³/mol. The summed E-state index contributed by atoms with van der Waals surface area (Å²) < 4.78 is 5.39. The van der Waals surface area contributed by atoms with Crippen molar-refractivity contribution in [2.45, 2.75) is 13.8 Å². The van der Waals surface area contributed by atoms with Crippen molar-refractivity contribution >= 4 is 63.5 Å². The standard InChI is InChI=1S/C17H17Cl2N3O2S/c1-3-24-16-14(18)8-13(9-15(16)19)22-17(25)21-12-6-4-11(5-7-12)20-10(2)23/h4-9H,3H2,1-2H3,(H,20,23)(H2,21,22,25). The monoisotopic (exact) mass is 397 g/mol. The Kier molecular flexibility index (Phi) is 6.87. The molecule has 3 N–H and O–H groups in total. The molecule has 5 nitrogen and oxygen atoms in total. The van der Waals surface area contributed by atoms with Gasteiger partial charge in [-0.25, -0.2) is 0 Å². The number of ether oxygens (including phenoxy) is 1. The van der Waals surface area contributed by atoms with E-state index in [-0.39, 0.29) is 5.91 Å². The second-order valence-corrected chi connectivity index (χ2v) is 6.26. The van der Waals surface area contributed by atoms with Gasteiger partial charge >= 0.3 is 0 Å². The fraction of sp³-hybridized carbons (Fsp3) is 0.176. The Balaban J connectivity index is 2.01. The van der Waals surface area contributed by atoms with Gasteiger partial charge in [0.25, 0.3) is 0 Å². The summed E-state index contributed by atoms with van der Waals surface area (Å²) in [5.74, 6) is 0.325. The van der Waals surface area contributed by atoms with E-state index in [2.05, 4.69) is 16.0 Å². The van der Waals surface area contributed by atoms with Crippen LogP contribution in [0.1, 0.15) is 13.8 Å². The Morgan fingerprint density at radius 1 is 1.00 bits per heavy atom. The number of thiocarbonyl (C=S) groups is 1. The molecule has 2 aromatic carbocycles. The molecule has 0 radical (unpaired) electrons. The second-order valence-electron chi connectivity index (χ2n) is 5.04. The van der Waals surface area contributed by atoms with E-state index in [9.17, 15) is 4.79 Å². The summed E-state index contributed by atoms with van der Waals surface area (Å²) in [7, 11) is 0. The number of carbonyl (C=O) groups excluding carboxylic acids is 1. The summed E-state index contributed by atoms with van der Waals surface area (Å²) in [6.07, 6.45) is 0. The molecular formula is C17H17Cl2N3O2S. The highest BCUT2D eigenvalue weighted by atomic mass is 35.5. The van der Waals surface area contributed by atoms with Crippen molar-refractivity contribution in [3.8, 4) is 5.75 Å². The first-order chi connectivity index (χ1) is 11.9. The zero-order valence-corrected chi connectivity index (χ0v) is 16.0. The highest BCUT2D eigenvalue weighted by Crippen LogP contribution is 2.36. The van der Waals surface area contributed by atoms with E-state index >= 15 is 0 Å². The van der Waals surface area contributed by atoms with Gasteiger partial charge in [0.1, 0.15) is 0 Å². The Morgan fingerprint density at radius 3 is 1.96 bits per heavy atom. The summed E-state index contributed by atoms with van der Waals surface area (Å²) in [4.78, 5) is 11.0. The summed E-state index contributed by atoms with van der Waals surface area (Å²) in [5, 5.41) is 9.93. The van der Waals surface area contributed by atoms with E-state index in [1.54, 1.807) is 36.4 Å². The average Bonchev–Trinajstić information content (AvgIpc) is 2.52. The van der Waals surface area contributed by atoms with Gasteiger partial charge in [0.05, 0.1) is 16.7 Å². The molecule has 0 heterocycles. The topological polar surface area (TPSA) is 62.4 Å². The SMILES string of the molecule is CCOc1c(Cl)cc(NC(=S)Nc2ccc(NC(C)=O)cc2)cc1Cl. The summed E-state index contributed by atoms with van der Waals surface area (Å²) in [6.45, 7) is 3.79. The van der Waals surface area contributed by atoms with Gasteiger partial charge in [0, 0.05) is 24.0 Å². The molecule has 0 atom stereocenters. The van der Waals surface area contributed by atoms with Crippen molar-refractivity contribution in [1.82, 2.24) is 0 Å². The van der Waals surface area contributed by atoms with Crippen LogP contribution in [0.25, 0.3) is 0 Å². The van der Waals surface area contributed by atoms with Crippen LogP contribution in [0.4, 0.5) is 17.1 Å². The molecule has 0 bridgehead atoms. The molecule has 132 valence electrons. The van der Waals surface area contributed by atoms with Gasteiger partial charge in [-0.3, -0.25) is 4.79 Å². The van der Waals surface area contributed by atoms with E-state index in [1.165, 1.54) is 6.92 Å². The molecule has 0 aliphatic heterocycles. The number of rotatable bonds is 5. The molecule has 0 saturated carbocycles. The Morgan fingerprint density at radius 2 is 1.48 bits per heavy atom. The van der Waals surface area contributed by atoms with Crippen molar-refractivity contribution in [1.29, 1.82) is 0 Å². The number of hydrogen-bond acceptors (Lipinski definition) is 3. The molecule has 8 heteroatoms. The lowest BCUT2D eigenvalue weighted by Gasteiger charge is -2.14. The van der Waals surface area contributed by atoms with Gasteiger partial charge in [-0.15, -0.1) is 0 Å². The van der Waals surface area contributed by atoms with Crippen LogP contribution in [0.2, 0.25) is 10.0 Å². The second kappa shape index (κ2) is 8.89. The summed E-state index contributed by atoms with van der Waals surface area (Å²) in [6, 6.07) is 10.5. The number of amides is 1. The molecule has 1 amide bonds. The van der Waals surface area contributed by atoms with Gasteiger partial charge in [0.15, 0.2) is 10.9 Å². The highest BCUT2D eigenvalue weighted by Gasteiger charge is 2.10. The number of nitrogens with one attached hydrogen (secondary N) is 3. The van der Waals surface area contributed by atoms with Crippen LogP contribution >= 0.6 is 35.4 Å². The smallest absolute Gasteiger partial charge is 0.221 e. The van der Waals surface area contributed by atoms with Crippen molar-refractivity contribution in [3.63, 3.8) is 0 Å². The lowest BCUT2D eigenvalue weighted by molar-refractivity contribution is -0.114. The van der Waals surface area contributed by atoms with Crippen molar-refractivity contribution in [2.24, 2.45) is 0 Å². The summed E-state index contributed by atoms with van der Waals surface area (Å²) >= 11 is 17.6. The number of benzene rings is 2. The van der Waals surface area contributed by atoms with Gasteiger partial charge in [0.2, 0.25) is 5.91 Å². The maximum absolute atomic E-state index is 11.0. The number of carbonyl (C=O) groups is 1. The van der Waals surface area contributed by atoms with Crippen LogP contribution in [0, 0.1) is 0 Å². The minimum atomic E-state index is -0.123. The molecule has 0 fully saturated rings. The highest BCUT2D eigenvalue weighted by molar-refractivity contribution is 7.80. The van der Waals surface area contributed by atoms with Crippen LogP contribution in [-0.4, -0.2) is 17.6 Å². The molecular weight excluding hydrogens is 381 g/mol. The summed E-state index contributed by atoms with van der Waals surface area (Å²) in [5.41, 5.74) is 2.13. The fourth-order valence-corrected chi connectivity index (χ4v) is 2.88. The third kappa shape index (κ3) is 5.77. The molecule has 0 aliphatic rings. The van der Waals surface area contributed by atoms with Crippen LogP contribution in [0.5, 0.6) is 5.75 Å². The molecule has 25 heavy (non-hydrogen) atoms. The Hall–Kier alpha value is -2.02. The third-order valence-electron chi connectivity index (χ3n) is 3.01. The lowest BCUT2D eigenvalue weighted by Crippen LogP contribution is -2.19. The minimum absolute atomic E-state index is 0.123. The largest absolute Gasteiger partial charge is 0.491 e. The van der Waals surface area contributed by atoms with Crippen LogP contribution in [0.3, 0.4) is 0 Å². The zero-order valence-electron chi connectivity index (χ0n) is 13.7. The average molecular weight is 398 g/mol. The zero-order chi connectivity index (χ0) is 18.4. The van der Waals surface area contributed by atoms with Gasteiger partial charge < -0.3 is 20.7 Å². The van der Waals surface area contributed by atoms with Gasteiger partial charge in [-0.1, -0.05) is 23.2 Å². The van der Waals surface area contributed by atoms with Crippen molar-refractivity contribution in [3.05, 3.63) is 46.4 Å². The first-order valence-electron chi connectivity index (χ1n) is 7.46. The van der Waals surface area contributed by atoms with Crippen molar-refractivity contribution < 1.29 is 9.53 Å². The van der Waals surface area contributed by atoms with Crippen molar-refractivity contribution in [2.75, 3.05) is 22.6 Å². The van der Waals surface area contributed by atoms with E-state index in [1.807, 2.05) is 6.92 Å². The van der Waals surface area contributed by atoms with E-state index in [0.717, 1.165) is 5.69 Å². The van der Waals surface area contributed by atoms with E-state index in [0.29, 0.717) is 38.9 Å². The van der Waals surface area contributed by atoms with Gasteiger partial charge in [-0.2, -0.15) is 0 Å². The molecule has 0 saturated heterocycles. The quantitative estimate of drug-likeness (QED) is 0.608. The number of anilines is 3. The molecule has 2 aromatic rings. The minimum Gasteiger partial charge on any atom is -0.491 e. The lowest BCUT2D eigenvalue weighted by atomic mass is 10.2. The molecule has 0 spiro atoms. The Labute approximate surface area is 161 Å². The predicted octanol–water partition coefficient (Wildman–Crippen LogP) is 5.16. The normalized spacial score (nSPS) is 10.1. The first kappa shape index (κ1) is 19.3. The Bertz CT molecular complexity index is 759. The van der Waals surface area contributed by atoms with Crippen LogP contribution in [0.15, 0.2) is 36.4 Å². The molecule has 0 aliphatic carbocycles. The maximum Gasteiger partial charge on any atom is 0.221 e. The van der Waals surface area contributed by atoms with Crippen LogP contribution in [-0.2, 0) is 4.79 Å².